The lowest BCUT2D eigenvalue weighted by molar-refractivity contribution is 0.724. The molecule has 0 spiro atoms. The smallest absolute Gasteiger partial charge is 0.0702 e. The quantitative estimate of drug-likeness (QED) is 0.784. The number of nitrogens with zero attached hydrogens (tertiary/aromatic N) is 2. The molecule has 0 amide bonds. The summed E-state index contributed by atoms with van der Waals surface area (Å²) in [6.45, 7) is 3.91. The molecule has 100 valence electrons. The average Bonchev–Trinajstić information content (AvgIpc) is 2.53. The van der Waals surface area contributed by atoms with Gasteiger partial charge in [0.15, 0.2) is 0 Å². The van der Waals surface area contributed by atoms with E-state index in [1.807, 2.05) is 36.8 Å². The largest absolute Gasteiger partial charge is 0.313 e. The standard InChI is InChI=1S/C17H17N3/c1-2-18-9-13-7-15(11-19-10-13)16-8-14-5-3-4-6-17(14)20-12-16/h3-8,10-12,18H,2,9H2,1H3. The number of hydrogen-bond donors (Lipinski definition) is 1. The number of para-hydroxylation sites is 1. The Kier molecular flexibility index (Phi) is 3.70. The summed E-state index contributed by atoms with van der Waals surface area (Å²) in [7, 11) is 0. The number of rotatable bonds is 4. The van der Waals surface area contributed by atoms with Crippen LogP contribution in [0.4, 0.5) is 0 Å². The summed E-state index contributed by atoms with van der Waals surface area (Å²) in [5, 5.41) is 4.47. The Hall–Kier alpha value is -2.26. The monoisotopic (exact) mass is 263 g/mol. The molecule has 0 aliphatic rings. The molecule has 0 aliphatic heterocycles. The molecule has 3 nitrogen and oxygen atoms in total. The summed E-state index contributed by atoms with van der Waals surface area (Å²) in [4.78, 5) is 8.83. The summed E-state index contributed by atoms with van der Waals surface area (Å²) in [5.41, 5.74) is 4.43. The maximum atomic E-state index is 4.51. The molecule has 2 aromatic heterocycles. The van der Waals surface area contributed by atoms with Gasteiger partial charge >= 0.3 is 0 Å². The number of hydrogen-bond acceptors (Lipinski definition) is 3. The highest BCUT2D eigenvalue weighted by Crippen LogP contribution is 2.22. The summed E-state index contributed by atoms with van der Waals surface area (Å²) in [6, 6.07) is 12.5. The van der Waals surface area contributed by atoms with Crippen LogP contribution >= 0.6 is 0 Å². The van der Waals surface area contributed by atoms with Crippen LogP contribution in [0.15, 0.2) is 55.0 Å². The predicted octanol–water partition coefficient (Wildman–Crippen LogP) is 3.41. The van der Waals surface area contributed by atoms with E-state index in [1.54, 1.807) is 0 Å². The summed E-state index contributed by atoms with van der Waals surface area (Å²) in [6.07, 6.45) is 5.71. The molecule has 3 aromatic rings. The first-order valence-corrected chi connectivity index (χ1v) is 6.86. The van der Waals surface area contributed by atoms with Gasteiger partial charge in [-0.3, -0.25) is 9.97 Å². The Bertz CT molecular complexity index is 722. The Morgan fingerprint density at radius 2 is 1.85 bits per heavy atom. The van der Waals surface area contributed by atoms with Gasteiger partial charge in [0.2, 0.25) is 0 Å². The van der Waals surface area contributed by atoms with Crippen LogP contribution in [-0.4, -0.2) is 16.5 Å². The van der Waals surface area contributed by atoms with Crippen LogP contribution in [0.2, 0.25) is 0 Å². The van der Waals surface area contributed by atoms with Crippen molar-refractivity contribution < 1.29 is 0 Å². The minimum absolute atomic E-state index is 0.846. The van der Waals surface area contributed by atoms with E-state index in [0.29, 0.717) is 0 Å². The van der Waals surface area contributed by atoms with Crippen molar-refractivity contribution in [1.29, 1.82) is 0 Å². The normalized spacial score (nSPS) is 10.8. The fourth-order valence-electron chi connectivity index (χ4n) is 2.24. The van der Waals surface area contributed by atoms with Crippen molar-refractivity contribution in [3.05, 3.63) is 60.6 Å². The lowest BCUT2D eigenvalue weighted by atomic mass is 10.1. The molecule has 0 radical (unpaired) electrons. The van der Waals surface area contributed by atoms with Gasteiger partial charge in [-0.25, -0.2) is 0 Å². The third kappa shape index (κ3) is 2.68. The number of aromatic nitrogens is 2. The fraction of sp³-hybridized carbons (Fsp3) is 0.176. The second-order valence-corrected chi connectivity index (χ2v) is 4.78. The van der Waals surface area contributed by atoms with Gasteiger partial charge in [0.1, 0.15) is 0 Å². The summed E-state index contributed by atoms with van der Waals surface area (Å²) < 4.78 is 0. The zero-order valence-electron chi connectivity index (χ0n) is 11.5. The third-order valence-corrected chi connectivity index (χ3v) is 3.30. The van der Waals surface area contributed by atoms with Crippen LogP contribution in [0.5, 0.6) is 0 Å². The van der Waals surface area contributed by atoms with E-state index < -0.39 is 0 Å². The van der Waals surface area contributed by atoms with E-state index in [9.17, 15) is 0 Å². The lowest BCUT2D eigenvalue weighted by Crippen LogP contribution is -2.11. The topological polar surface area (TPSA) is 37.8 Å². The maximum Gasteiger partial charge on any atom is 0.0702 e. The van der Waals surface area contributed by atoms with Crippen LogP contribution < -0.4 is 5.32 Å². The number of pyridine rings is 2. The van der Waals surface area contributed by atoms with E-state index in [4.69, 9.17) is 0 Å². The average molecular weight is 263 g/mol. The van der Waals surface area contributed by atoms with Crippen LogP contribution in [0.3, 0.4) is 0 Å². The molecule has 3 heteroatoms. The van der Waals surface area contributed by atoms with Crippen molar-refractivity contribution in [1.82, 2.24) is 15.3 Å². The zero-order valence-corrected chi connectivity index (χ0v) is 11.5. The van der Waals surface area contributed by atoms with Gasteiger partial charge in [-0.05, 0) is 30.3 Å². The minimum Gasteiger partial charge on any atom is -0.313 e. The Balaban J connectivity index is 1.97. The van der Waals surface area contributed by atoms with Crippen molar-refractivity contribution in [2.75, 3.05) is 6.54 Å². The maximum absolute atomic E-state index is 4.51. The SMILES string of the molecule is CCNCc1cncc(-c2cnc3ccccc3c2)c1. The van der Waals surface area contributed by atoms with Gasteiger partial charge in [-0.2, -0.15) is 0 Å². The summed E-state index contributed by atoms with van der Waals surface area (Å²) in [5.74, 6) is 0. The molecular weight excluding hydrogens is 246 g/mol. The van der Waals surface area contributed by atoms with Crippen molar-refractivity contribution in [2.24, 2.45) is 0 Å². The van der Waals surface area contributed by atoms with E-state index in [1.165, 1.54) is 5.56 Å². The molecular formula is C17H17N3. The van der Waals surface area contributed by atoms with Gasteiger partial charge < -0.3 is 5.32 Å². The predicted molar refractivity (Wildman–Crippen MR) is 82.4 cm³/mol. The van der Waals surface area contributed by atoms with E-state index >= 15 is 0 Å². The van der Waals surface area contributed by atoms with Crippen LogP contribution in [0, 0.1) is 0 Å². The van der Waals surface area contributed by atoms with E-state index in [2.05, 4.69) is 40.4 Å². The first kappa shape index (κ1) is 12.8. The van der Waals surface area contributed by atoms with Crippen LogP contribution in [-0.2, 0) is 6.54 Å². The minimum atomic E-state index is 0.846. The first-order chi connectivity index (χ1) is 9.86. The molecule has 0 fully saturated rings. The molecule has 0 saturated carbocycles. The van der Waals surface area contributed by atoms with Gasteiger partial charge in [-0.15, -0.1) is 0 Å². The Morgan fingerprint density at radius 1 is 1.00 bits per heavy atom. The van der Waals surface area contributed by atoms with Crippen LogP contribution in [0.1, 0.15) is 12.5 Å². The van der Waals surface area contributed by atoms with Gasteiger partial charge in [0, 0.05) is 41.6 Å². The van der Waals surface area contributed by atoms with Gasteiger partial charge in [0.05, 0.1) is 5.52 Å². The molecule has 20 heavy (non-hydrogen) atoms. The second kappa shape index (κ2) is 5.80. The molecule has 1 N–H and O–H groups in total. The highest BCUT2D eigenvalue weighted by atomic mass is 14.8. The van der Waals surface area contributed by atoms with Gasteiger partial charge in [-0.1, -0.05) is 25.1 Å². The van der Waals surface area contributed by atoms with Crippen molar-refractivity contribution in [3.63, 3.8) is 0 Å². The molecule has 0 aliphatic carbocycles. The van der Waals surface area contributed by atoms with Gasteiger partial charge in [0.25, 0.3) is 0 Å². The second-order valence-electron chi connectivity index (χ2n) is 4.78. The molecule has 3 rings (SSSR count). The lowest BCUT2D eigenvalue weighted by Gasteiger charge is -2.06. The number of fused-ring (bicyclic) bond motifs is 1. The van der Waals surface area contributed by atoms with Crippen LogP contribution in [0.25, 0.3) is 22.0 Å². The highest BCUT2D eigenvalue weighted by molar-refractivity contribution is 5.83. The number of benzene rings is 1. The first-order valence-electron chi connectivity index (χ1n) is 6.86. The van der Waals surface area contributed by atoms with Crippen molar-refractivity contribution >= 4 is 10.9 Å². The molecule has 0 bridgehead atoms. The molecule has 0 atom stereocenters. The molecule has 0 unspecified atom stereocenters. The van der Waals surface area contributed by atoms with Crippen molar-refractivity contribution in [2.45, 2.75) is 13.5 Å². The molecule has 2 heterocycles. The Morgan fingerprint density at radius 3 is 2.75 bits per heavy atom. The highest BCUT2D eigenvalue weighted by Gasteiger charge is 2.02. The number of nitrogens with one attached hydrogen (secondary N) is 1. The van der Waals surface area contributed by atoms with E-state index in [-0.39, 0.29) is 0 Å². The molecule has 1 aromatic carbocycles. The fourth-order valence-corrected chi connectivity index (χ4v) is 2.24. The van der Waals surface area contributed by atoms with E-state index in [0.717, 1.165) is 35.1 Å². The Labute approximate surface area is 118 Å². The molecule has 0 saturated heterocycles. The zero-order chi connectivity index (χ0) is 13.8. The third-order valence-electron chi connectivity index (χ3n) is 3.30. The van der Waals surface area contributed by atoms with Crippen molar-refractivity contribution in [3.8, 4) is 11.1 Å². The summed E-state index contributed by atoms with van der Waals surface area (Å²) >= 11 is 0.